The molecule has 2 aromatic carbocycles. The number of carbonyl (C=O) groups excluding carboxylic acids is 2. The highest BCUT2D eigenvalue weighted by atomic mass is 16.5. The first kappa shape index (κ1) is 18.9. The maximum Gasteiger partial charge on any atom is 0.311 e. The van der Waals surface area contributed by atoms with E-state index in [0.29, 0.717) is 19.6 Å². The van der Waals surface area contributed by atoms with Crippen molar-refractivity contribution in [3.05, 3.63) is 65.7 Å². The molecule has 6 nitrogen and oxygen atoms in total. The van der Waals surface area contributed by atoms with Gasteiger partial charge in [-0.1, -0.05) is 42.5 Å². The molecular weight excluding hydrogens is 342 g/mol. The van der Waals surface area contributed by atoms with Crippen molar-refractivity contribution in [2.24, 2.45) is 0 Å². The molecule has 142 valence electrons. The number of carbonyl (C=O) groups is 2. The van der Waals surface area contributed by atoms with Gasteiger partial charge in [-0.15, -0.1) is 0 Å². The Hall–Kier alpha value is -2.86. The molecule has 0 bridgehead atoms. The monoisotopic (exact) mass is 367 g/mol. The molecule has 3 rings (SSSR count). The van der Waals surface area contributed by atoms with E-state index in [4.69, 9.17) is 4.74 Å². The molecule has 1 saturated heterocycles. The second kappa shape index (κ2) is 9.19. The molecule has 0 unspecified atom stereocenters. The Bertz CT molecular complexity index is 754. The highest BCUT2D eigenvalue weighted by Crippen LogP contribution is 2.11. The number of nitrogens with one attached hydrogen (secondary N) is 1. The number of amides is 2. The zero-order valence-electron chi connectivity index (χ0n) is 15.6. The van der Waals surface area contributed by atoms with Crippen LogP contribution in [0.25, 0.3) is 0 Å². The number of ether oxygens (including phenoxy) is 1. The standard InChI is InChI=1S/C21H25N3O3/c1-27-19-9-7-17(8-10-19)15-22-20(25)21(26)24-13-11-23(12-14-24)16-18-5-3-2-4-6-18/h2-10H,11-16H2,1H3,(H,22,25). The number of rotatable bonds is 5. The quantitative estimate of drug-likeness (QED) is 0.817. The number of methoxy groups -OCH3 is 1. The SMILES string of the molecule is COc1ccc(CNC(=O)C(=O)N2CCN(Cc3ccccc3)CC2)cc1. The van der Waals surface area contributed by atoms with Crippen molar-refractivity contribution in [3.63, 3.8) is 0 Å². The van der Waals surface area contributed by atoms with E-state index in [1.165, 1.54) is 5.56 Å². The second-order valence-electron chi connectivity index (χ2n) is 6.58. The number of hydrogen-bond donors (Lipinski definition) is 1. The summed E-state index contributed by atoms with van der Waals surface area (Å²) in [7, 11) is 1.61. The van der Waals surface area contributed by atoms with Crippen molar-refractivity contribution in [1.82, 2.24) is 15.1 Å². The topological polar surface area (TPSA) is 61.9 Å². The van der Waals surface area contributed by atoms with Crippen LogP contribution in [-0.2, 0) is 22.7 Å². The molecule has 0 saturated carbocycles. The summed E-state index contributed by atoms with van der Waals surface area (Å²) in [5.41, 5.74) is 2.18. The van der Waals surface area contributed by atoms with Crippen LogP contribution < -0.4 is 10.1 Å². The van der Waals surface area contributed by atoms with E-state index in [2.05, 4.69) is 22.3 Å². The fourth-order valence-electron chi connectivity index (χ4n) is 3.10. The lowest BCUT2D eigenvalue weighted by Crippen LogP contribution is -2.52. The van der Waals surface area contributed by atoms with Crippen molar-refractivity contribution < 1.29 is 14.3 Å². The smallest absolute Gasteiger partial charge is 0.311 e. The Morgan fingerprint density at radius 1 is 0.926 bits per heavy atom. The molecule has 27 heavy (non-hydrogen) atoms. The summed E-state index contributed by atoms with van der Waals surface area (Å²) in [4.78, 5) is 28.5. The lowest BCUT2D eigenvalue weighted by molar-refractivity contribution is -0.147. The normalized spacial score (nSPS) is 14.6. The van der Waals surface area contributed by atoms with Gasteiger partial charge in [0, 0.05) is 39.3 Å². The summed E-state index contributed by atoms with van der Waals surface area (Å²) in [5.74, 6) is -0.250. The van der Waals surface area contributed by atoms with Crippen molar-refractivity contribution in [2.75, 3.05) is 33.3 Å². The van der Waals surface area contributed by atoms with Gasteiger partial charge in [-0.05, 0) is 23.3 Å². The van der Waals surface area contributed by atoms with Gasteiger partial charge >= 0.3 is 11.8 Å². The zero-order valence-corrected chi connectivity index (χ0v) is 15.6. The average Bonchev–Trinajstić information content (AvgIpc) is 2.73. The fraction of sp³-hybridized carbons (Fsp3) is 0.333. The second-order valence-corrected chi connectivity index (χ2v) is 6.58. The fourth-order valence-corrected chi connectivity index (χ4v) is 3.10. The first-order valence-corrected chi connectivity index (χ1v) is 9.12. The molecule has 1 heterocycles. The van der Waals surface area contributed by atoms with Crippen LogP contribution in [-0.4, -0.2) is 54.9 Å². The van der Waals surface area contributed by atoms with Gasteiger partial charge in [-0.25, -0.2) is 0 Å². The highest BCUT2D eigenvalue weighted by molar-refractivity contribution is 6.35. The molecular formula is C21H25N3O3. The molecule has 6 heteroatoms. The summed E-state index contributed by atoms with van der Waals surface area (Å²) in [6.45, 7) is 3.87. The van der Waals surface area contributed by atoms with Crippen LogP contribution in [0.5, 0.6) is 5.75 Å². The Morgan fingerprint density at radius 2 is 1.59 bits per heavy atom. The lowest BCUT2D eigenvalue weighted by Gasteiger charge is -2.34. The van der Waals surface area contributed by atoms with Crippen molar-refractivity contribution in [3.8, 4) is 5.75 Å². The van der Waals surface area contributed by atoms with Crippen LogP contribution in [0.4, 0.5) is 0 Å². The molecule has 1 aliphatic heterocycles. The predicted molar refractivity (Wildman–Crippen MR) is 103 cm³/mol. The maximum absolute atomic E-state index is 12.4. The van der Waals surface area contributed by atoms with Gasteiger partial charge in [0.25, 0.3) is 0 Å². The number of nitrogens with zero attached hydrogens (tertiary/aromatic N) is 2. The van der Waals surface area contributed by atoms with Gasteiger partial charge in [-0.2, -0.15) is 0 Å². The minimum atomic E-state index is -0.553. The zero-order chi connectivity index (χ0) is 19.1. The van der Waals surface area contributed by atoms with Gasteiger partial charge in [0.05, 0.1) is 7.11 Å². The van der Waals surface area contributed by atoms with Crippen LogP contribution >= 0.6 is 0 Å². The highest BCUT2D eigenvalue weighted by Gasteiger charge is 2.25. The Labute approximate surface area is 159 Å². The molecule has 2 aromatic rings. The van der Waals surface area contributed by atoms with E-state index >= 15 is 0 Å². The third kappa shape index (κ3) is 5.31. The third-order valence-electron chi connectivity index (χ3n) is 4.71. The Balaban J connectivity index is 1.43. The summed E-state index contributed by atoms with van der Waals surface area (Å²) in [6.07, 6.45) is 0. The number of piperazine rings is 1. The van der Waals surface area contributed by atoms with Crippen LogP contribution in [0, 0.1) is 0 Å². The van der Waals surface area contributed by atoms with Crippen LogP contribution in [0.1, 0.15) is 11.1 Å². The van der Waals surface area contributed by atoms with Crippen molar-refractivity contribution in [1.29, 1.82) is 0 Å². The molecule has 0 aliphatic carbocycles. The first-order chi connectivity index (χ1) is 13.2. The summed E-state index contributed by atoms with van der Waals surface area (Å²) < 4.78 is 5.11. The average molecular weight is 367 g/mol. The van der Waals surface area contributed by atoms with Crippen LogP contribution in [0.2, 0.25) is 0 Å². The third-order valence-corrected chi connectivity index (χ3v) is 4.71. The van der Waals surface area contributed by atoms with Gasteiger partial charge in [0.2, 0.25) is 0 Å². The number of hydrogen-bond acceptors (Lipinski definition) is 4. The van der Waals surface area contributed by atoms with E-state index in [0.717, 1.165) is 30.9 Å². The van der Waals surface area contributed by atoms with E-state index in [9.17, 15) is 9.59 Å². The minimum absolute atomic E-state index is 0.322. The maximum atomic E-state index is 12.4. The molecule has 1 N–H and O–H groups in total. The molecule has 0 radical (unpaired) electrons. The molecule has 0 atom stereocenters. The van der Waals surface area contributed by atoms with Gasteiger partial charge < -0.3 is 15.0 Å². The first-order valence-electron chi connectivity index (χ1n) is 9.12. The Morgan fingerprint density at radius 3 is 2.22 bits per heavy atom. The largest absolute Gasteiger partial charge is 0.497 e. The van der Waals surface area contributed by atoms with Gasteiger partial charge in [0.1, 0.15) is 5.75 Å². The molecule has 1 aliphatic rings. The van der Waals surface area contributed by atoms with E-state index in [-0.39, 0.29) is 0 Å². The van der Waals surface area contributed by atoms with Crippen molar-refractivity contribution >= 4 is 11.8 Å². The van der Waals surface area contributed by atoms with E-state index in [1.807, 2.05) is 42.5 Å². The van der Waals surface area contributed by atoms with Crippen LogP contribution in [0.3, 0.4) is 0 Å². The predicted octanol–water partition coefficient (Wildman–Crippen LogP) is 1.66. The lowest BCUT2D eigenvalue weighted by atomic mass is 10.2. The van der Waals surface area contributed by atoms with Crippen molar-refractivity contribution in [2.45, 2.75) is 13.1 Å². The molecule has 0 spiro atoms. The summed E-state index contributed by atoms with van der Waals surface area (Å²) >= 11 is 0. The summed E-state index contributed by atoms with van der Waals surface area (Å²) in [6, 6.07) is 17.7. The van der Waals surface area contributed by atoms with E-state index < -0.39 is 11.8 Å². The summed E-state index contributed by atoms with van der Waals surface area (Å²) in [5, 5.41) is 2.70. The number of benzene rings is 2. The van der Waals surface area contributed by atoms with Gasteiger partial charge in [0.15, 0.2) is 0 Å². The molecule has 1 fully saturated rings. The Kier molecular flexibility index (Phi) is 6.44. The minimum Gasteiger partial charge on any atom is -0.497 e. The molecule has 0 aromatic heterocycles. The molecule has 2 amide bonds. The van der Waals surface area contributed by atoms with E-state index in [1.54, 1.807) is 12.0 Å². The van der Waals surface area contributed by atoms with Gasteiger partial charge in [-0.3, -0.25) is 14.5 Å². The van der Waals surface area contributed by atoms with Crippen LogP contribution in [0.15, 0.2) is 54.6 Å².